The molecule has 0 bridgehead atoms. The van der Waals surface area contributed by atoms with Gasteiger partial charge in [-0.05, 0) is 62.1 Å². The van der Waals surface area contributed by atoms with Crippen molar-refractivity contribution in [1.82, 2.24) is 0 Å². The van der Waals surface area contributed by atoms with E-state index in [1.54, 1.807) is 7.11 Å². The van der Waals surface area contributed by atoms with Crippen LogP contribution in [0.3, 0.4) is 0 Å². The zero-order valence-corrected chi connectivity index (χ0v) is 19.8. The van der Waals surface area contributed by atoms with Gasteiger partial charge in [-0.3, -0.25) is 0 Å². The number of rotatable bonds is 19. The van der Waals surface area contributed by atoms with Crippen LogP contribution in [0.25, 0.3) is 0 Å². The van der Waals surface area contributed by atoms with Crippen LogP contribution in [-0.4, -0.2) is 12.2 Å². The highest BCUT2D eigenvalue weighted by atomic mass is 16.5. The molecule has 1 N–H and O–H groups in total. The lowest BCUT2D eigenvalue weighted by atomic mass is 10.00. The van der Waals surface area contributed by atoms with Crippen LogP contribution in [0.2, 0.25) is 0 Å². The van der Waals surface area contributed by atoms with Crippen LogP contribution < -0.4 is 4.74 Å². The normalized spacial score (nSPS) is 11.3. The number of allylic oxidation sites excluding steroid dienone is 3. The van der Waals surface area contributed by atoms with E-state index < -0.39 is 0 Å². The Labute approximate surface area is 186 Å². The number of methoxy groups -OCH3 is 1. The highest BCUT2D eigenvalue weighted by Crippen LogP contribution is 2.33. The minimum atomic E-state index is 0.304. The third-order valence-electron chi connectivity index (χ3n) is 5.77. The van der Waals surface area contributed by atoms with Crippen molar-refractivity contribution in [2.24, 2.45) is 0 Å². The molecule has 1 aromatic carbocycles. The number of unbranched alkanes of at least 4 members (excludes halogenated alkanes) is 12. The van der Waals surface area contributed by atoms with Crippen molar-refractivity contribution >= 4 is 0 Å². The van der Waals surface area contributed by atoms with Crippen LogP contribution in [0.15, 0.2) is 36.9 Å². The van der Waals surface area contributed by atoms with Gasteiger partial charge in [0.25, 0.3) is 0 Å². The molecular formula is C28H46O2. The Bertz CT molecular complexity index is 589. The van der Waals surface area contributed by atoms with Crippen LogP contribution in [0.5, 0.6) is 11.5 Å². The van der Waals surface area contributed by atoms with E-state index in [2.05, 4.69) is 31.7 Å². The number of benzene rings is 1. The monoisotopic (exact) mass is 414 g/mol. The second-order valence-electron chi connectivity index (χ2n) is 8.49. The number of aromatic hydroxyl groups is 1. The summed E-state index contributed by atoms with van der Waals surface area (Å²) >= 11 is 0. The van der Waals surface area contributed by atoms with Crippen LogP contribution in [0.4, 0.5) is 0 Å². The average molecular weight is 415 g/mol. The standard InChI is InChI=1S/C28H46O2/c1-4-6-7-8-9-10-11-12-13-14-15-16-17-18-19-20-22-26-23-25(21-5-2)24-27(30-3)28(26)29/h5,12-13,23-24,29H,2,4,6-11,14-22H2,1,3H3/b13-12-. The zero-order chi connectivity index (χ0) is 21.9. The van der Waals surface area contributed by atoms with Gasteiger partial charge in [-0.2, -0.15) is 0 Å². The first-order valence-electron chi connectivity index (χ1n) is 12.4. The summed E-state index contributed by atoms with van der Waals surface area (Å²) < 4.78 is 5.32. The average Bonchev–Trinajstić information content (AvgIpc) is 2.75. The van der Waals surface area contributed by atoms with Crippen molar-refractivity contribution in [2.45, 2.75) is 110 Å². The Balaban J connectivity index is 2.05. The molecule has 0 saturated carbocycles. The first kappa shape index (κ1) is 26.3. The second-order valence-corrected chi connectivity index (χ2v) is 8.49. The molecule has 170 valence electrons. The molecule has 0 saturated heterocycles. The van der Waals surface area contributed by atoms with Crippen LogP contribution in [0.1, 0.15) is 108 Å². The fourth-order valence-electron chi connectivity index (χ4n) is 3.92. The largest absolute Gasteiger partial charge is 0.504 e. The summed E-state index contributed by atoms with van der Waals surface area (Å²) in [6.07, 6.45) is 26.8. The highest BCUT2D eigenvalue weighted by molar-refractivity contribution is 5.49. The topological polar surface area (TPSA) is 29.5 Å². The van der Waals surface area contributed by atoms with Gasteiger partial charge < -0.3 is 9.84 Å². The van der Waals surface area contributed by atoms with Gasteiger partial charge in [-0.25, -0.2) is 0 Å². The number of phenols is 1. The fourth-order valence-corrected chi connectivity index (χ4v) is 3.92. The molecule has 2 heteroatoms. The number of hydrogen-bond acceptors (Lipinski definition) is 2. The van der Waals surface area contributed by atoms with E-state index in [9.17, 15) is 5.11 Å². The first-order chi connectivity index (χ1) is 14.7. The summed E-state index contributed by atoms with van der Waals surface area (Å²) in [4.78, 5) is 0. The number of hydrogen-bond donors (Lipinski definition) is 1. The summed E-state index contributed by atoms with van der Waals surface area (Å²) in [5.41, 5.74) is 2.15. The number of phenolic OH excluding ortho intramolecular Hbond substituents is 1. The predicted octanol–water partition coefficient (Wildman–Crippen LogP) is 8.71. The highest BCUT2D eigenvalue weighted by Gasteiger charge is 2.10. The van der Waals surface area contributed by atoms with Gasteiger partial charge in [0.05, 0.1) is 7.11 Å². The Kier molecular flexibility index (Phi) is 15.9. The maximum absolute atomic E-state index is 10.3. The Hall–Kier alpha value is -1.70. The van der Waals surface area contributed by atoms with Gasteiger partial charge in [-0.1, -0.05) is 89.0 Å². The van der Waals surface area contributed by atoms with E-state index in [0.717, 1.165) is 30.4 Å². The smallest absolute Gasteiger partial charge is 0.161 e. The molecule has 0 radical (unpaired) electrons. The van der Waals surface area contributed by atoms with Gasteiger partial charge in [-0.15, -0.1) is 6.58 Å². The summed E-state index contributed by atoms with van der Waals surface area (Å²) in [6, 6.07) is 4.00. The molecule has 1 rings (SSSR count). The third-order valence-corrected chi connectivity index (χ3v) is 5.77. The molecule has 0 aromatic heterocycles. The molecule has 0 atom stereocenters. The quantitative estimate of drug-likeness (QED) is 0.181. The number of aryl methyl sites for hydroxylation is 1. The molecule has 1 aromatic rings. The SMILES string of the molecule is C=CCc1cc(CCCCCCCC/C=C\CCCCCCCC)c(O)c(OC)c1. The molecule has 0 spiro atoms. The van der Waals surface area contributed by atoms with Crippen molar-refractivity contribution in [3.8, 4) is 11.5 Å². The summed E-state index contributed by atoms with van der Waals surface area (Å²) in [6.45, 7) is 6.08. The van der Waals surface area contributed by atoms with Gasteiger partial charge in [0.1, 0.15) is 0 Å². The van der Waals surface area contributed by atoms with Gasteiger partial charge in [0.2, 0.25) is 0 Å². The molecular weight excluding hydrogens is 368 g/mol. The first-order valence-corrected chi connectivity index (χ1v) is 12.4. The lowest BCUT2D eigenvalue weighted by Gasteiger charge is -2.11. The summed E-state index contributed by atoms with van der Waals surface area (Å²) in [7, 11) is 1.61. The van der Waals surface area contributed by atoms with Gasteiger partial charge in [0.15, 0.2) is 11.5 Å². The van der Waals surface area contributed by atoms with E-state index in [4.69, 9.17) is 4.74 Å². The van der Waals surface area contributed by atoms with Crippen LogP contribution in [0, 0.1) is 0 Å². The molecule has 0 aliphatic rings. The lowest BCUT2D eigenvalue weighted by Crippen LogP contribution is -1.94. The molecule has 0 unspecified atom stereocenters. The lowest BCUT2D eigenvalue weighted by molar-refractivity contribution is 0.369. The van der Waals surface area contributed by atoms with Crippen LogP contribution >= 0.6 is 0 Å². The second kappa shape index (κ2) is 18.1. The third kappa shape index (κ3) is 12.1. The van der Waals surface area contributed by atoms with Gasteiger partial charge in [0, 0.05) is 0 Å². The Morgan fingerprint density at radius 3 is 1.97 bits per heavy atom. The molecule has 0 aliphatic heterocycles. The van der Waals surface area contributed by atoms with E-state index in [1.165, 1.54) is 83.5 Å². The minimum absolute atomic E-state index is 0.304. The molecule has 0 heterocycles. The Morgan fingerprint density at radius 2 is 1.40 bits per heavy atom. The van der Waals surface area contributed by atoms with E-state index in [0.29, 0.717) is 11.5 Å². The van der Waals surface area contributed by atoms with Crippen molar-refractivity contribution in [1.29, 1.82) is 0 Å². The predicted molar refractivity (Wildman–Crippen MR) is 132 cm³/mol. The zero-order valence-electron chi connectivity index (χ0n) is 19.8. The maximum Gasteiger partial charge on any atom is 0.161 e. The van der Waals surface area contributed by atoms with Crippen molar-refractivity contribution < 1.29 is 9.84 Å². The van der Waals surface area contributed by atoms with E-state index in [1.807, 2.05) is 12.1 Å². The van der Waals surface area contributed by atoms with E-state index >= 15 is 0 Å². The molecule has 0 fully saturated rings. The fraction of sp³-hybridized carbons (Fsp3) is 0.643. The van der Waals surface area contributed by atoms with Crippen LogP contribution in [-0.2, 0) is 12.8 Å². The summed E-state index contributed by atoms with van der Waals surface area (Å²) in [5.74, 6) is 0.881. The maximum atomic E-state index is 10.3. The number of ether oxygens (including phenoxy) is 1. The minimum Gasteiger partial charge on any atom is -0.504 e. The van der Waals surface area contributed by atoms with Crippen molar-refractivity contribution in [2.75, 3.05) is 7.11 Å². The molecule has 0 amide bonds. The molecule has 30 heavy (non-hydrogen) atoms. The van der Waals surface area contributed by atoms with Crippen molar-refractivity contribution in [3.05, 3.63) is 48.1 Å². The van der Waals surface area contributed by atoms with Gasteiger partial charge >= 0.3 is 0 Å². The van der Waals surface area contributed by atoms with Crippen molar-refractivity contribution in [3.63, 3.8) is 0 Å². The van der Waals surface area contributed by atoms with E-state index in [-0.39, 0.29) is 0 Å². The molecule has 0 aliphatic carbocycles. The molecule has 2 nitrogen and oxygen atoms in total. The Morgan fingerprint density at radius 1 is 0.833 bits per heavy atom. The summed E-state index contributed by atoms with van der Waals surface area (Å²) in [5, 5.41) is 10.3.